The number of amides is 1. The Morgan fingerprint density at radius 2 is 2.25 bits per heavy atom. The number of ether oxygens (including phenoxy) is 2. The number of aryl methyl sites for hydroxylation is 1. The minimum atomic E-state index is -0.524. The fraction of sp³-hybridized carbons (Fsp3) is 0.375. The largest absolute Gasteiger partial charge is 0.491 e. The summed E-state index contributed by atoms with van der Waals surface area (Å²) in [4.78, 5) is 12.6. The van der Waals surface area contributed by atoms with Crippen molar-refractivity contribution in [2.24, 2.45) is 12.8 Å². The molecule has 0 spiro atoms. The molecule has 130 valence electrons. The zero-order valence-electron chi connectivity index (χ0n) is 13.7. The first-order valence-corrected chi connectivity index (χ1v) is 7.47. The minimum absolute atomic E-state index is 0.103. The van der Waals surface area contributed by atoms with Crippen molar-refractivity contribution in [2.45, 2.75) is 6.04 Å². The number of carbonyl (C=O) groups excluding carboxylic acids is 1. The van der Waals surface area contributed by atoms with Crippen LogP contribution in [0.25, 0.3) is 0 Å². The topological polar surface area (TPSA) is 91.4 Å². The van der Waals surface area contributed by atoms with E-state index in [4.69, 9.17) is 15.2 Å². The monoisotopic (exact) mass is 336 g/mol. The Morgan fingerprint density at radius 3 is 2.88 bits per heavy atom. The average molecular weight is 336 g/mol. The fourth-order valence-electron chi connectivity index (χ4n) is 2.30. The third kappa shape index (κ3) is 4.30. The molecule has 0 aliphatic carbocycles. The van der Waals surface area contributed by atoms with Crippen molar-refractivity contribution >= 4 is 5.91 Å². The highest BCUT2D eigenvalue weighted by molar-refractivity contribution is 5.97. The summed E-state index contributed by atoms with van der Waals surface area (Å²) in [6.07, 6.45) is 1.63. The van der Waals surface area contributed by atoms with Gasteiger partial charge in [-0.15, -0.1) is 0 Å². The van der Waals surface area contributed by atoms with E-state index in [1.165, 1.54) is 19.2 Å². The van der Waals surface area contributed by atoms with Gasteiger partial charge in [-0.25, -0.2) is 4.39 Å². The number of aromatic nitrogens is 2. The number of hydrogen-bond donors (Lipinski definition) is 2. The molecule has 0 saturated carbocycles. The molecule has 1 aromatic carbocycles. The number of benzene rings is 1. The molecule has 1 atom stereocenters. The van der Waals surface area contributed by atoms with Gasteiger partial charge in [-0.3, -0.25) is 9.48 Å². The lowest BCUT2D eigenvalue weighted by molar-refractivity contribution is 0.0888. The predicted molar refractivity (Wildman–Crippen MR) is 86.2 cm³/mol. The molecule has 0 aliphatic heterocycles. The molecule has 2 aromatic rings. The number of carbonyl (C=O) groups is 1. The molecule has 0 saturated heterocycles. The molecule has 1 amide bonds. The molecular formula is C16H21FN4O3. The Balaban J connectivity index is 2.23. The molecule has 1 aromatic heterocycles. The summed E-state index contributed by atoms with van der Waals surface area (Å²) >= 11 is 0. The van der Waals surface area contributed by atoms with Crippen LogP contribution in [0.15, 0.2) is 30.5 Å². The van der Waals surface area contributed by atoms with Crippen LogP contribution in [0.4, 0.5) is 4.39 Å². The van der Waals surface area contributed by atoms with Gasteiger partial charge in [-0.2, -0.15) is 5.10 Å². The van der Waals surface area contributed by atoms with Crippen LogP contribution < -0.4 is 15.8 Å². The van der Waals surface area contributed by atoms with E-state index < -0.39 is 17.8 Å². The van der Waals surface area contributed by atoms with Gasteiger partial charge in [0.2, 0.25) is 0 Å². The van der Waals surface area contributed by atoms with E-state index in [9.17, 15) is 9.18 Å². The molecular weight excluding hydrogens is 315 g/mol. The first-order chi connectivity index (χ1) is 11.6. The smallest absolute Gasteiger partial charge is 0.255 e. The Kier molecular flexibility index (Phi) is 6.28. The second-order valence-electron chi connectivity index (χ2n) is 5.14. The van der Waals surface area contributed by atoms with E-state index >= 15 is 0 Å². The van der Waals surface area contributed by atoms with Crippen LogP contribution in [-0.4, -0.2) is 42.6 Å². The van der Waals surface area contributed by atoms with E-state index in [1.54, 1.807) is 24.0 Å². The van der Waals surface area contributed by atoms with Gasteiger partial charge in [0.25, 0.3) is 5.91 Å². The lowest BCUT2D eigenvalue weighted by Gasteiger charge is -2.19. The number of nitrogens with two attached hydrogens (primary N) is 1. The molecule has 0 unspecified atom stereocenters. The third-order valence-electron chi connectivity index (χ3n) is 3.42. The van der Waals surface area contributed by atoms with Crippen molar-refractivity contribution in [3.05, 3.63) is 47.5 Å². The highest BCUT2D eigenvalue weighted by Crippen LogP contribution is 2.21. The lowest BCUT2D eigenvalue weighted by Crippen LogP contribution is -2.33. The minimum Gasteiger partial charge on any atom is -0.491 e. The van der Waals surface area contributed by atoms with Crippen molar-refractivity contribution in [1.82, 2.24) is 15.1 Å². The second-order valence-corrected chi connectivity index (χ2v) is 5.14. The molecule has 8 heteroatoms. The number of rotatable bonds is 8. The van der Waals surface area contributed by atoms with Crippen molar-refractivity contribution in [1.29, 1.82) is 0 Å². The van der Waals surface area contributed by atoms with E-state index in [0.717, 1.165) is 11.8 Å². The standard InChI is InChI=1S/C16H21FN4O3/c1-21-14(5-7-19-21)13(10-23-2)20-16(22)12-9-11(17)3-4-15(12)24-8-6-18/h3-5,7,9,13H,6,8,10,18H2,1-2H3,(H,20,22)/t13-/m0/s1. The fourth-order valence-corrected chi connectivity index (χ4v) is 2.30. The quantitative estimate of drug-likeness (QED) is 0.751. The van der Waals surface area contributed by atoms with Crippen LogP contribution in [0.5, 0.6) is 5.75 Å². The van der Waals surface area contributed by atoms with E-state index in [2.05, 4.69) is 10.4 Å². The van der Waals surface area contributed by atoms with E-state index in [-0.39, 0.29) is 24.5 Å². The molecule has 0 bridgehead atoms. The molecule has 0 aliphatic rings. The summed E-state index contributed by atoms with van der Waals surface area (Å²) in [5, 5.41) is 6.90. The van der Waals surface area contributed by atoms with Crippen molar-refractivity contribution in [3.63, 3.8) is 0 Å². The Hall–Kier alpha value is -2.45. The van der Waals surface area contributed by atoms with Crippen molar-refractivity contribution in [2.75, 3.05) is 26.9 Å². The van der Waals surface area contributed by atoms with Crippen LogP contribution in [0.1, 0.15) is 22.1 Å². The highest BCUT2D eigenvalue weighted by atomic mass is 19.1. The van der Waals surface area contributed by atoms with Crippen LogP contribution in [0, 0.1) is 5.82 Å². The van der Waals surface area contributed by atoms with Crippen molar-refractivity contribution < 1.29 is 18.7 Å². The Morgan fingerprint density at radius 1 is 1.46 bits per heavy atom. The third-order valence-corrected chi connectivity index (χ3v) is 3.42. The maximum absolute atomic E-state index is 13.6. The molecule has 2 rings (SSSR count). The number of methoxy groups -OCH3 is 1. The summed E-state index contributed by atoms with van der Waals surface area (Å²) in [5.74, 6) is -0.714. The zero-order chi connectivity index (χ0) is 17.5. The molecule has 24 heavy (non-hydrogen) atoms. The van der Waals surface area contributed by atoms with Gasteiger partial charge in [0.05, 0.1) is 23.9 Å². The lowest BCUT2D eigenvalue weighted by atomic mass is 10.1. The maximum atomic E-state index is 13.6. The highest BCUT2D eigenvalue weighted by Gasteiger charge is 2.21. The summed E-state index contributed by atoms with van der Waals surface area (Å²) in [6, 6.07) is 5.13. The Labute approximate surface area is 139 Å². The summed E-state index contributed by atoms with van der Waals surface area (Å²) in [7, 11) is 3.30. The summed E-state index contributed by atoms with van der Waals surface area (Å²) in [5.41, 5.74) is 6.28. The van der Waals surface area contributed by atoms with E-state index in [0.29, 0.717) is 6.54 Å². The van der Waals surface area contributed by atoms with Gasteiger partial charge >= 0.3 is 0 Å². The second kappa shape index (κ2) is 8.42. The summed E-state index contributed by atoms with van der Waals surface area (Å²) < 4.78 is 25.8. The van der Waals surface area contributed by atoms with Gasteiger partial charge < -0.3 is 20.5 Å². The average Bonchev–Trinajstić information content (AvgIpc) is 2.99. The number of halogens is 1. The number of hydrogen-bond acceptors (Lipinski definition) is 5. The molecule has 3 N–H and O–H groups in total. The SMILES string of the molecule is COC[C@H](NC(=O)c1cc(F)ccc1OCCN)c1ccnn1C. The zero-order valence-corrected chi connectivity index (χ0v) is 13.7. The summed E-state index contributed by atoms with van der Waals surface area (Å²) in [6.45, 7) is 0.772. The van der Waals surface area contributed by atoms with Gasteiger partial charge in [0.1, 0.15) is 18.2 Å². The van der Waals surface area contributed by atoms with Gasteiger partial charge in [-0.1, -0.05) is 0 Å². The molecule has 0 radical (unpaired) electrons. The van der Waals surface area contributed by atoms with Gasteiger partial charge in [0, 0.05) is 26.9 Å². The first kappa shape index (κ1) is 17.9. The van der Waals surface area contributed by atoms with E-state index in [1.807, 2.05) is 0 Å². The number of nitrogens with one attached hydrogen (secondary N) is 1. The normalized spacial score (nSPS) is 12.0. The van der Waals surface area contributed by atoms with Crippen LogP contribution in [0.2, 0.25) is 0 Å². The van der Waals surface area contributed by atoms with Crippen LogP contribution in [-0.2, 0) is 11.8 Å². The number of nitrogens with zero attached hydrogens (tertiary/aromatic N) is 2. The molecule has 1 heterocycles. The van der Waals surface area contributed by atoms with Crippen LogP contribution >= 0.6 is 0 Å². The van der Waals surface area contributed by atoms with Crippen molar-refractivity contribution in [3.8, 4) is 5.75 Å². The van der Waals surface area contributed by atoms with Gasteiger partial charge in [-0.05, 0) is 24.3 Å². The molecule has 0 fully saturated rings. The Bertz CT molecular complexity index is 690. The van der Waals surface area contributed by atoms with Crippen LogP contribution in [0.3, 0.4) is 0 Å². The first-order valence-electron chi connectivity index (χ1n) is 7.47. The maximum Gasteiger partial charge on any atom is 0.255 e. The predicted octanol–water partition coefficient (Wildman–Crippen LogP) is 1.01. The molecule has 7 nitrogen and oxygen atoms in total. The van der Waals surface area contributed by atoms with Gasteiger partial charge in [0.15, 0.2) is 0 Å².